The Morgan fingerprint density at radius 3 is 2.71 bits per heavy atom. The van der Waals surface area contributed by atoms with E-state index < -0.39 is 5.91 Å². The maximum atomic E-state index is 12.0. The molecule has 1 saturated carbocycles. The molecular formula is C18H22N8O2. The van der Waals surface area contributed by atoms with Crippen LogP contribution >= 0.6 is 0 Å². The number of carbonyl (C=O) groups excluding carboxylic acids is 2. The number of allylic oxidation sites excluding steroid dienone is 1. The Morgan fingerprint density at radius 1 is 1.25 bits per heavy atom. The second kappa shape index (κ2) is 6.95. The molecule has 0 aliphatic heterocycles. The van der Waals surface area contributed by atoms with Crippen molar-refractivity contribution in [2.24, 2.45) is 29.2 Å². The molecule has 6 N–H and O–H groups in total. The Hall–Kier alpha value is -3.43. The summed E-state index contributed by atoms with van der Waals surface area (Å²) in [4.78, 5) is 32.4. The van der Waals surface area contributed by atoms with Crippen LogP contribution < -0.4 is 22.1 Å². The van der Waals surface area contributed by atoms with E-state index in [1.54, 1.807) is 10.9 Å². The van der Waals surface area contributed by atoms with Crippen molar-refractivity contribution in [3.05, 3.63) is 36.3 Å². The number of carbonyl (C=O) groups is 2. The second-order valence-electron chi connectivity index (χ2n) is 7.08. The van der Waals surface area contributed by atoms with Crippen LogP contribution in [0.3, 0.4) is 0 Å². The van der Waals surface area contributed by atoms with Crippen LogP contribution in [0.4, 0.5) is 17.5 Å². The van der Waals surface area contributed by atoms with Gasteiger partial charge in [0.15, 0.2) is 0 Å². The van der Waals surface area contributed by atoms with Gasteiger partial charge in [0.05, 0.1) is 23.4 Å². The average Bonchev–Trinajstić information content (AvgIpc) is 3.37. The highest BCUT2D eigenvalue weighted by Gasteiger charge is 2.47. The van der Waals surface area contributed by atoms with Crippen molar-refractivity contribution in [2.75, 3.05) is 10.6 Å². The SMILES string of the molecule is CCn1cc(Nc2ncc(C(N)=O)c(N[C@H]3[C@@H](C(N)=O)[C@H]4C=C[C@H]3C4)n2)cn1. The van der Waals surface area contributed by atoms with E-state index in [1.165, 1.54) is 6.20 Å². The first-order chi connectivity index (χ1) is 13.5. The van der Waals surface area contributed by atoms with Gasteiger partial charge in [-0.15, -0.1) is 0 Å². The monoisotopic (exact) mass is 382 g/mol. The Labute approximate surface area is 161 Å². The van der Waals surface area contributed by atoms with Gasteiger partial charge in [0.2, 0.25) is 11.9 Å². The summed E-state index contributed by atoms with van der Waals surface area (Å²) in [6.45, 7) is 2.72. The normalized spacial score (nSPS) is 25.0. The van der Waals surface area contributed by atoms with E-state index in [2.05, 4.69) is 31.8 Å². The molecule has 146 valence electrons. The molecule has 2 aromatic rings. The van der Waals surface area contributed by atoms with Crippen molar-refractivity contribution in [1.29, 1.82) is 0 Å². The Balaban J connectivity index is 1.62. The zero-order valence-corrected chi connectivity index (χ0v) is 15.4. The highest BCUT2D eigenvalue weighted by molar-refractivity contribution is 5.97. The fourth-order valence-corrected chi connectivity index (χ4v) is 4.03. The van der Waals surface area contributed by atoms with E-state index in [0.717, 1.165) is 18.7 Å². The highest BCUT2D eigenvalue weighted by Crippen LogP contribution is 2.45. The maximum Gasteiger partial charge on any atom is 0.254 e. The first kappa shape index (κ1) is 18.0. The van der Waals surface area contributed by atoms with Gasteiger partial charge >= 0.3 is 0 Å². The van der Waals surface area contributed by atoms with Crippen LogP contribution in [0, 0.1) is 17.8 Å². The summed E-state index contributed by atoms with van der Waals surface area (Å²) in [7, 11) is 0. The molecule has 10 heteroatoms. The van der Waals surface area contributed by atoms with E-state index in [4.69, 9.17) is 11.5 Å². The molecule has 0 aromatic carbocycles. The number of fused-ring (bicyclic) bond motifs is 2. The summed E-state index contributed by atoms with van der Waals surface area (Å²) in [5.41, 5.74) is 12.0. The van der Waals surface area contributed by atoms with Gasteiger partial charge < -0.3 is 22.1 Å². The van der Waals surface area contributed by atoms with Gasteiger partial charge in [-0.25, -0.2) is 4.98 Å². The molecule has 2 amide bonds. The summed E-state index contributed by atoms with van der Waals surface area (Å²) in [5.74, 6) is -0.544. The third kappa shape index (κ3) is 3.17. The highest BCUT2D eigenvalue weighted by atomic mass is 16.1. The smallest absolute Gasteiger partial charge is 0.254 e. The molecule has 0 spiro atoms. The number of nitrogens with zero attached hydrogens (tertiary/aromatic N) is 4. The van der Waals surface area contributed by atoms with Crippen molar-refractivity contribution in [1.82, 2.24) is 19.7 Å². The fourth-order valence-electron chi connectivity index (χ4n) is 4.03. The molecule has 28 heavy (non-hydrogen) atoms. The van der Waals surface area contributed by atoms with Gasteiger partial charge in [0, 0.05) is 25.0 Å². The van der Waals surface area contributed by atoms with Crippen molar-refractivity contribution in [3.63, 3.8) is 0 Å². The summed E-state index contributed by atoms with van der Waals surface area (Å²) in [6, 6.07) is -0.240. The number of hydrogen-bond donors (Lipinski definition) is 4. The molecule has 4 atom stereocenters. The number of hydrogen-bond acceptors (Lipinski definition) is 7. The largest absolute Gasteiger partial charge is 0.369 e. The van der Waals surface area contributed by atoms with Crippen molar-refractivity contribution in [2.45, 2.75) is 25.9 Å². The lowest BCUT2D eigenvalue weighted by Crippen LogP contribution is -2.41. The van der Waals surface area contributed by atoms with Gasteiger partial charge in [0.25, 0.3) is 5.91 Å². The molecular weight excluding hydrogens is 360 g/mol. The quantitative estimate of drug-likeness (QED) is 0.512. The number of nitrogens with one attached hydrogen (secondary N) is 2. The zero-order chi connectivity index (χ0) is 19.8. The predicted octanol–water partition coefficient (Wildman–Crippen LogP) is 0.623. The number of rotatable bonds is 7. The number of anilines is 3. The molecule has 2 bridgehead atoms. The minimum atomic E-state index is -0.651. The minimum absolute atomic E-state index is 0.108. The van der Waals surface area contributed by atoms with E-state index in [-0.39, 0.29) is 47.0 Å². The third-order valence-corrected chi connectivity index (χ3v) is 5.36. The lowest BCUT2D eigenvalue weighted by molar-refractivity contribution is -0.122. The van der Waals surface area contributed by atoms with E-state index >= 15 is 0 Å². The topological polar surface area (TPSA) is 154 Å². The fraction of sp³-hybridized carbons (Fsp3) is 0.389. The first-order valence-corrected chi connectivity index (χ1v) is 9.16. The number of aromatic nitrogens is 4. The van der Waals surface area contributed by atoms with Gasteiger partial charge in [-0.05, 0) is 25.2 Å². The molecule has 4 rings (SSSR count). The number of primary amides is 2. The molecule has 0 radical (unpaired) electrons. The van der Waals surface area contributed by atoms with Crippen LogP contribution in [0.5, 0.6) is 0 Å². The molecule has 2 aliphatic carbocycles. The van der Waals surface area contributed by atoms with Gasteiger partial charge in [-0.3, -0.25) is 14.3 Å². The molecule has 0 saturated heterocycles. The zero-order valence-electron chi connectivity index (χ0n) is 15.4. The molecule has 10 nitrogen and oxygen atoms in total. The number of aryl methyl sites for hydroxylation is 1. The minimum Gasteiger partial charge on any atom is -0.369 e. The standard InChI is InChI=1S/C18H22N8O2/c1-2-26-8-11(6-22-26)23-18-21-7-12(15(19)27)17(25-18)24-14-10-4-3-9(5-10)13(14)16(20)28/h3-4,6-10,13-14H,2,5H2,1H3,(H2,19,27)(H2,20,28)(H2,21,23,24,25)/t9-,10-,13-,14+/m0/s1. The lowest BCUT2D eigenvalue weighted by Gasteiger charge is -2.27. The summed E-state index contributed by atoms with van der Waals surface area (Å²) >= 11 is 0. The Kier molecular flexibility index (Phi) is 4.46. The van der Waals surface area contributed by atoms with E-state index in [1.807, 2.05) is 19.2 Å². The molecule has 2 aliphatic rings. The van der Waals surface area contributed by atoms with Crippen LogP contribution in [-0.2, 0) is 11.3 Å². The summed E-state index contributed by atoms with van der Waals surface area (Å²) in [5, 5.41) is 10.5. The van der Waals surface area contributed by atoms with Crippen molar-refractivity contribution >= 4 is 29.3 Å². The predicted molar refractivity (Wildman–Crippen MR) is 103 cm³/mol. The van der Waals surface area contributed by atoms with Crippen LogP contribution in [0.2, 0.25) is 0 Å². The van der Waals surface area contributed by atoms with Crippen LogP contribution in [-0.4, -0.2) is 37.6 Å². The third-order valence-electron chi connectivity index (χ3n) is 5.36. The lowest BCUT2D eigenvalue weighted by atomic mass is 9.88. The van der Waals surface area contributed by atoms with Crippen molar-refractivity contribution in [3.8, 4) is 0 Å². The summed E-state index contributed by atoms with van der Waals surface area (Å²) in [6.07, 6.45) is 9.81. The number of nitrogens with two attached hydrogens (primary N) is 2. The molecule has 2 heterocycles. The second-order valence-corrected chi connectivity index (χ2v) is 7.08. The molecule has 2 aromatic heterocycles. The van der Waals surface area contributed by atoms with Gasteiger partial charge in [-0.2, -0.15) is 10.1 Å². The summed E-state index contributed by atoms with van der Waals surface area (Å²) < 4.78 is 1.76. The molecule has 1 fully saturated rings. The Bertz CT molecular complexity index is 953. The first-order valence-electron chi connectivity index (χ1n) is 9.16. The average molecular weight is 382 g/mol. The maximum absolute atomic E-state index is 12.0. The number of amides is 2. The van der Waals surface area contributed by atoms with E-state index in [0.29, 0.717) is 0 Å². The van der Waals surface area contributed by atoms with Gasteiger partial charge in [0.1, 0.15) is 5.82 Å². The van der Waals surface area contributed by atoms with Crippen LogP contribution in [0.1, 0.15) is 23.7 Å². The van der Waals surface area contributed by atoms with Crippen molar-refractivity contribution < 1.29 is 9.59 Å². The Morgan fingerprint density at radius 2 is 2.04 bits per heavy atom. The van der Waals surface area contributed by atoms with E-state index in [9.17, 15) is 9.59 Å². The van der Waals surface area contributed by atoms with Gasteiger partial charge in [-0.1, -0.05) is 12.2 Å². The molecule has 0 unspecified atom stereocenters. The van der Waals surface area contributed by atoms with Crippen LogP contribution in [0.15, 0.2) is 30.7 Å². The van der Waals surface area contributed by atoms with Crippen LogP contribution in [0.25, 0.3) is 0 Å².